The number of hydrogen-bond acceptors (Lipinski definition) is 2. The van der Waals surface area contributed by atoms with Crippen molar-refractivity contribution in [2.24, 2.45) is 0 Å². The summed E-state index contributed by atoms with van der Waals surface area (Å²) in [6.07, 6.45) is -4.51. The first-order valence-electron chi connectivity index (χ1n) is 7.02. The molecule has 0 radical (unpaired) electrons. The zero-order valence-electron chi connectivity index (χ0n) is 12.5. The molecule has 0 saturated heterocycles. The maximum atomic E-state index is 13.0. The van der Waals surface area contributed by atoms with Gasteiger partial charge in [0, 0.05) is 10.0 Å². The molecule has 0 saturated carbocycles. The Morgan fingerprint density at radius 2 is 1.80 bits per heavy atom. The van der Waals surface area contributed by atoms with Gasteiger partial charge in [0.25, 0.3) is 0 Å². The molecular weight excluding hydrogens is 401 g/mol. The van der Waals surface area contributed by atoms with Crippen molar-refractivity contribution in [2.75, 3.05) is 0 Å². The minimum atomic E-state index is -4.51. The molecule has 0 atom stereocenters. The number of halogens is 4. The van der Waals surface area contributed by atoms with Gasteiger partial charge in [-0.1, -0.05) is 34.1 Å². The predicted octanol–water partition coefficient (Wildman–Crippen LogP) is 5.02. The number of nitrogens with zero attached hydrogens (tertiary/aromatic N) is 2. The van der Waals surface area contributed by atoms with Crippen LogP contribution in [0, 0.1) is 0 Å². The molecule has 0 spiro atoms. The highest BCUT2D eigenvalue weighted by Crippen LogP contribution is 2.32. The monoisotopic (exact) mass is 410 g/mol. The minimum absolute atomic E-state index is 0.123. The smallest absolute Gasteiger partial charge is 0.416 e. The minimum Gasteiger partial charge on any atom is -0.476 e. The molecule has 128 valence electrons. The molecule has 0 aliphatic heterocycles. The number of benzene rings is 2. The van der Waals surface area contributed by atoms with Crippen molar-refractivity contribution in [1.29, 1.82) is 0 Å². The van der Waals surface area contributed by atoms with Gasteiger partial charge < -0.3 is 5.11 Å². The van der Waals surface area contributed by atoms with Gasteiger partial charge in [-0.25, -0.2) is 9.48 Å². The lowest BCUT2D eigenvalue weighted by Crippen LogP contribution is -2.07. The fourth-order valence-corrected chi connectivity index (χ4v) is 2.75. The van der Waals surface area contributed by atoms with Crippen molar-refractivity contribution in [3.05, 3.63) is 70.3 Å². The van der Waals surface area contributed by atoms with E-state index in [1.165, 1.54) is 22.9 Å². The van der Waals surface area contributed by atoms with Crippen LogP contribution in [0.4, 0.5) is 13.2 Å². The first-order valence-corrected chi connectivity index (χ1v) is 7.82. The summed E-state index contributed by atoms with van der Waals surface area (Å²) < 4.78 is 40.8. The zero-order valence-corrected chi connectivity index (χ0v) is 14.0. The summed E-state index contributed by atoms with van der Waals surface area (Å²) >= 11 is 3.32. The van der Waals surface area contributed by atoms with Gasteiger partial charge in [0.2, 0.25) is 0 Å². The summed E-state index contributed by atoms with van der Waals surface area (Å²) in [5.41, 5.74) is 0.0204. The number of aromatic carboxylic acids is 1. The topological polar surface area (TPSA) is 55.1 Å². The number of rotatable bonds is 3. The molecule has 3 aromatic rings. The van der Waals surface area contributed by atoms with E-state index in [-0.39, 0.29) is 11.4 Å². The van der Waals surface area contributed by atoms with Crippen molar-refractivity contribution in [2.45, 2.75) is 6.18 Å². The molecule has 0 aliphatic carbocycles. The quantitative estimate of drug-likeness (QED) is 0.659. The summed E-state index contributed by atoms with van der Waals surface area (Å²) in [6.45, 7) is 0. The third-order valence-electron chi connectivity index (χ3n) is 3.47. The van der Waals surface area contributed by atoms with Crippen molar-refractivity contribution < 1.29 is 23.1 Å². The van der Waals surface area contributed by atoms with Gasteiger partial charge in [-0.15, -0.1) is 0 Å². The summed E-state index contributed by atoms with van der Waals surface area (Å²) in [6, 6.07) is 12.9. The molecule has 0 unspecified atom stereocenters. The van der Waals surface area contributed by atoms with Crippen LogP contribution in [0.25, 0.3) is 16.9 Å². The highest BCUT2D eigenvalue weighted by Gasteiger charge is 2.31. The molecule has 0 fully saturated rings. The van der Waals surface area contributed by atoms with E-state index in [0.29, 0.717) is 11.3 Å². The fourth-order valence-electron chi connectivity index (χ4n) is 2.35. The number of carbonyl (C=O) groups is 1. The van der Waals surface area contributed by atoms with Crippen LogP contribution in [0.5, 0.6) is 0 Å². The summed E-state index contributed by atoms with van der Waals surface area (Å²) in [5.74, 6) is -1.26. The van der Waals surface area contributed by atoms with Gasteiger partial charge >= 0.3 is 12.1 Å². The Bertz CT molecular complexity index is 951. The Morgan fingerprint density at radius 3 is 2.44 bits per heavy atom. The Hall–Kier alpha value is -2.61. The van der Waals surface area contributed by atoms with Crippen molar-refractivity contribution in [3.8, 4) is 16.9 Å². The Balaban J connectivity index is 2.21. The highest BCUT2D eigenvalue weighted by molar-refractivity contribution is 9.10. The van der Waals surface area contributed by atoms with E-state index in [4.69, 9.17) is 0 Å². The summed E-state index contributed by atoms with van der Waals surface area (Å²) in [7, 11) is 0. The van der Waals surface area contributed by atoms with E-state index >= 15 is 0 Å². The third kappa shape index (κ3) is 3.58. The standard InChI is InChI=1S/C17H10BrF3N2O2/c18-12-5-1-3-10(7-12)15-9-14(16(24)25)22-23(15)13-6-2-4-11(8-13)17(19,20)21/h1-9H,(H,24,25). The maximum Gasteiger partial charge on any atom is 0.416 e. The average molecular weight is 411 g/mol. The van der Waals surface area contributed by atoms with Gasteiger partial charge in [0.15, 0.2) is 5.69 Å². The maximum absolute atomic E-state index is 13.0. The van der Waals surface area contributed by atoms with Crippen LogP contribution >= 0.6 is 15.9 Å². The van der Waals surface area contributed by atoms with E-state index in [1.807, 2.05) is 0 Å². The van der Waals surface area contributed by atoms with E-state index in [9.17, 15) is 23.1 Å². The zero-order chi connectivity index (χ0) is 18.2. The van der Waals surface area contributed by atoms with Gasteiger partial charge in [-0.3, -0.25) is 0 Å². The molecule has 1 N–H and O–H groups in total. The van der Waals surface area contributed by atoms with Gasteiger partial charge in [0.1, 0.15) is 0 Å². The fraction of sp³-hybridized carbons (Fsp3) is 0.0588. The average Bonchev–Trinajstić information content (AvgIpc) is 3.00. The summed E-state index contributed by atoms with van der Waals surface area (Å²) in [4.78, 5) is 11.3. The normalized spacial score (nSPS) is 11.5. The Labute approximate surface area is 148 Å². The molecule has 0 amide bonds. The van der Waals surface area contributed by atoms with Crippen LogP contribution < -0.4 is 0 Å². The molecule has 2 aromatic carbocycles. The first-order chi connectivity index (χ1) is 11.8. The third-order valence-corrected chi connectivity index (χ3v) is 3.96. The lowest BCUT2D eigenvalue weighted by Gasteiger charge is -2.11. The second kappa shape index (κ2) is 6.36. The molecule has 0 aliphatic rings. The SMILES string of the molecule is O=C(O)c1cc(-c2cccc(Br)c2)n(-c2cccc(C(F)(F)F)c2)n1. The van der Waals surface area contributed by atoms with Crippen LogP contribution in [0.2, 0.25) is 0 Å². The number of hydrogen-bond donors (Lipinski definition) is 1. The molecule has 1 aromatic heterocycles. The van der Waals surface area contributed by atoms with Gasteiger partial charge in [0.05, 0.1) is 16.9 Å². The van der Waals surface area contributed by atoms with Crippen molar-refractivity contribution >= 4 is 21.9 Å². The molecule has 1 heterocycles. The van der Waals surface area contributed by atoms with E-state index in [2.05, 4.69) is 21.0 Å². The number of carboxylic acids is 1. The lowest BCUT2D eigenvalue weighted by atomic mass is 10.1. The predicted molar refractivity (Wildman–Crippen MR) is 88.7 cm³/mol. The first kappa shape index (κ1) is 17.2. The molecule has 0 bridgehead atoms. The molecule has 25 heavy (non-hydrogen) atoms. The van der Waals surface area contributed by atoms with Crippen LogP contribution in [0.15, 0.2) is 59.1 Å². The van der Waals surface area contributed by atoms with Crippen molar-refractivity contribution in [1.82, 2.24) is 9.78 Å². The Kier molecular flexibility index (Phi) is 4.38. The van der Waals surface area contributed by atoms with Crippen LogP contribution in [0.1, 0.15) is 16.1 Å². The molecular formula is C17H10BrF3N2O2. The second-order valence-electron chi connectivity index (χ2n) is 5.19. The molecule has 3 rings (SSSR count). The van der Waals surface area contributed by atoms with E-state index in [1.54, 1.807) is 24.3 Å². The lowest BCUT2D eigenvalue weighted by molar-refractivity contribution is -0.137. The van der Waals surface area contributed by atoms with Crippen molar-refractivity contribution in [3.63, 3.8) is 0 Å². The number of alkyl halides is 3. The number of carboxylic acid groups (broad SMARTS) is 1. The van der Waals surface area contributed by atoms with Gasteiger partial charge in [-0.05, 0) is 36.4 Å². The van der Waals surface area contributed by atoms with E-state index < -0.39 is 17.7 Å². The van der Waals surface area contributed by atoms with Crippen LogP contribution in [-0.4, -0.2) is 20.9 Å². The second-order valence-corrected chi connectivity index (χ2v) is 6.11. The largest absolute Gasteiger partial charge is 0.476 e. The van der Waals surface area contributed by atoms with E-state index in [0.717, 1.165) is 16.6 Å². The summed E-state index contributed by atoms with van der Waals surface area (Å²) in [5, 5.41) is 13.1. The van der Waals surface area contributed by atoms with Gasteiger partial charge in [-0.2, -0.15) is 18.3 Å². The molecule has 4 nitrogen and oxygen atoms in total. The highest BCUT2D eigenvalue weighted by atomic mass is 79.9. The van der Waals surface area contributed by atoms with Crippen LogP contribution in [-0.2, 0) is 6.18 Å². The van der Waals surface area contributed by atoms with Crippen LogP contribution in [0.3, 0.4) is 0 Å². The number of aromatic nitrogens is 2. The molecule has 8 heteroatoms. The Morgan fingerprint density at radius 1 is 1.08 bits per heavy atom.